The number of benzene rings is 2. The van der Waals surface area contributed by atoms with Gasteiger partial charge in [0.2, 0.25) is 0 Å². The molecule has 1 spiro atoms. The van der Waals surface area contributed by atoms with Gasteiger partial charge in [-0.15, -0.1) is 5.10 Å². The van der Waals surface area contributed by atoms with Crippen LogP contribution in [0.2, 0.25) is 0 Å². The van der Waals surface area contributed by atoms with Gasteiger partial charge in [-0.05, 0) is 88.1 Å². The van der Waals surface area contributed by atoms with E-state index in [4.69, 9.17) is 28.6 Å². The first kappa shape index (κ1) is 28.6. The molecule has 1 aliphatic heterocycles. The predicted octanol–water partition coefficient (Wildman–Crippen LogP) is 6.05. The average molecular weight is 596 g/mol. The largest absolute Gasteiger partial charge is 0.493 e. The van der Waals surface area contributed by atoms with E-state index in [1.54, 1.807) is 21.5 Å². The Kier molecular flexibility index (Phi) is 7.26. The molecule has 4 aromatic rings. The van der Waals surface area contributed by atoms with Gasteiger partial charge in [0.15, 0.2) is 22.1 Å². The number of fused-ring (bicyclic) bond motifs is 1. The van der Waals surface area contributed by atoms with Crippen molar-refractivity contribution in [2.75, 3.05) is 16.4 Å². The number of carbonyl (C=O) groups is 1. The summed E-state index contributed by atoms with van der Waals surface area (Å²) in [6, 6.07) is 11.0. The highest BCUT2D eigenvalue weighted by Gasteiger charge is 2.57. The number of aromatic nitrogens is 4. The van der Waals surface area contributed by atoms with Crippen LogP contribution in [-0.2, 0) is 11.2 Å². The third kappa shape index (κ3) is 4.48. The van der Waals surface area contributed by atoms with Gasteiger partial charge in [-0.1, -0.05) is 25.8 Å². The number of amides is 1. The van der Waals surface area contributed by atoms with Gasteiger partial charge >= 0.3 is 0 Å². The number of nitrogens with zero attached hydrogens (tertiary/aromatic N) is 6. The first-order valence-corrected chi connectivity index (χ1v) is 15.1. The van der Waals surface area contributed by atoms with Gasteiger partial charge in [-0.2, -0.15) is 0 Å². The summed E-state index contributed by atoms with van der Waals surface area (Å²) in [7, 11) is 0. The fraction of sp³-hybridized carbons (Fsp3) is 0.375. The number of imidazole rings is 1. The molecule has 10 nitrogen and oxygen atoms in total. The van der Waals surface area contributed by atoms with Crippen molar-refractivity contribution >= 4 is 45.8 Å². The van der Waals surface area contributed by atoms with Gasteiger partial charge in [-0.3, -0.25) is 14.5 Å². The minimum atomic E-state index is -0.825. The molecule has 0 unspecified atom stereocenters. The van der Waals surface area contributed by atoms with E-state index in [1.807, 2.05) is 49.9 Å². The molecule has 1 amide bonds. The fourth-order valence-corrected chi connectivity index (χ4v) is 6.90. The standard InChI is InChI=1S/C32H33N7O3S/c1-6-10-26-34-20(4)27-29(40)35-28(36-39(26)27)23-18-22(12-14-25(23)42-7-2)38-31(43)37(30(41)32(38)15-8-9-16-32)21-11-13-24(33-5)19(3)17-21/h11-14,17-18H,6-10,15-16H2,1-4H3,(H,35,36,40). The van der Waals surface area contributed by atoms with Gasteiger partial charge in [0.1, 0.15) is 17.1 Å². The Morgan fingerprint density at radius 1 is 1.09 bits per heavy atom. The minimum absolute atomic E-state index is 0.0635. The number of aryl methyl sites for hydroxylation is 3. The third-order valence-corrected chi connectivity index (χ3v) is 8.76. The number of nitrogens with one attached hydrogen (secondary N) is 1. The zero-order valence-electron chi connectivity index (χ0n) is 24.7. The summed E-state index contributed by atoms with van der Waals surface area (Å²) >= 11 is 6.05. The van der Waals surface area contributed by atoms with Gasteiger partial charge in [0.25, 0.3) is 11.5 Å². The molecule has 1 saturated carbocycles. The normalized spacial score (nSPS) is 16.1. The second-order valence-corrected chi connectivity index (χ2v) is 11.5. The van der Waals surface area contributed by atoms with Crippen molar-refractivity contribution in [1.82, 2.24) is 19.6 Å². The number of carbonyl (C=O) groups excluding carboxylic acids is 1. The SMILES string of the molecule is [C-]#[N+]c1ccc(N2C(=O)C3(CCCC3)N(c3ccc(OCC)c(-c4nn5c(CCC)nc(C)c5c(=O)[nH]4)c3)C2=S)cc1C. The van der Waals surface area contributed by atoms with Crippen LogP contribution in [0.5, 0.6) is 5.75 Å². The summed E-state index contributed by atoms with van der Waals surface area (Å²) < 4.78 is 7.63. The number of hydrogen-bond donors (Lipinski definition) is 1. The van der Waals surface area contributed by atoms with Gasteiger partial charge in [0.05, 0.1) is 24.4 Å². The Bertz CT molecular complexity index is 1880. The molecule has 0 bridgehead atoms. The van der Waals surface area contributed by atoms with Crippen molar-refractivity contribution in [3.63, 3.8) is 0 Å². The van der Waals surface area contributed by atoms with Crippen molar-refractivity contribution in [2.45, 2.75) is 71.8 Å². The maximum Gasteiger partial charge on any atom is 0.277 e. The Hall–Kier alpha value is -4.56. The molecular formula is C32H33N7O3S. The maximum absolute atomic E-state index is 14.2. The lowest BCUT2D eigenvalue weighted by Crippen LogP contribution is -2.47. The smallest absolute Gasteiger partial charge is 0.277 e. The van der Waals surface area contributed by atoms with E-state index < -0.39 is 5.54 Å². The number of H-pyrrole nitrogens is 1. The van der Waals surface area contributed by atoms with Crippen molar-refractivity contribution in [1.29, 1.82) is 0 Å². The summed E-state index contributed by atoms with van der Waals surface area (Å²) in [5, 5.41) is 5.21. The Balaban J connectivity index is 1.51. The molecule has 11 heteroatoms. The van der Waals surface area contributed by atoms with Gasteiger partial charge in [0, 0.05) is 17.8 Å². The number of ether oxygens (including phenoxy) is 1. The number of thiocarbonyl (C=S) groups is 1. The van der Waals surface area contributed by atoms with Crippen LogP contribution in [0.1, 0.15) is 63.0 Å². The first-order valence-electron chi connectivity index (χ1n) is 14.7. The Morgan fingerprint density at radius 2 is 1.84 bits per heavy atom. The highest BCUT2D eigenvalue weighted by atomic mass is 32.1. The van der Waals surface area contributed by atoms with E-state index in [1.165, 1.54) is 0 Å². The lowest BCUT2D eigenvalue weighted by molar-refractivity contribution is -0.121. The van der Waals surface area contributed by atoms with Crippen LogP contribution in [0.3, 0.4) is 0 Å². The molecule has 3 heterocycles. The quantitative estimate of drug-likeness (QED) is 0.205. The van der Waals surface area contributed by atoms with Crippen LogP contribution < -0.4 is 20.1 Å². The van der Waals surface area contributed by atoms with Crippen LogP contribution in [0.15, 0.2) is 41.2 Å². The van der Waals surface area contributed by atoms with E-state index in [-0.39, 0.29) is 11.5 Å². The monoisotopic (exact) mass is 595 g/mol. The fourth-order valence-electron chi connectivity index (χ4n) is 6.43. The third-order valence-electron chi connectivity index (χ3n) is 8.39. The summed E-state index contributed by atoms with van der Waals surface area (Å²) in [5.74, 6) is 1.56. The van der Waals surface area contributed by atoms with Crippen LogP contribution >= 0.6 is 12.2 Å². The molecule has 6 rings (SSSR count). The van der Waals surface area contributed by atoms with E-state index >= 15 is 0 Å². The van der Waals surface area contributed by atoms with Crippen LogP contribution in [0.25, 0.3) is 21.7 Å². The summed E-state index contributed by atoms with van der Waals surface area (Å²) in [6.45, 7) is 15.5. The molecule has 2 aromatic carbocycles. The summed E-state index contributed by atoms with van der Waals surface area (Å²) in [4.78, 5) is 42.2. The van der Waals surface area contributed by atoms with E-state index in [0.29, 0.717) is 76.4 Å². The lowest BCUT2D eigenvalue weighted by Gasteiger charge is -2.33. The maximum atomic E-state index is 14.2. The van der Waals surface area contributed by atoms with Crippen molar-refractivity contribution in [2.24, 2.45) is 0 Å². The zero-order chi connectivity index (χ0) is 30.5. The van der Waals surface area contributed by atoms with E-state index in [9.17, 15) is 9.59 Å². The van der Waals surface area contributed by atoms with Crippen LogP contribution in [-0.4, -0.2) is 42.7 Å². The highest BCUT2D eigenvalue weighted by molar-refractivity contribution is 7.81. The molecular weight excluding hydrogens is 562 g/mol. The molecule has 1 saturated heterocycles. The predicted molar refractivity (Wildman–Crippen MR) is 170 cm³/mol. The molecule has 0 atom stereocenters. The number of rotatable bonds is 7. The van der Waals surface area contributed by atoms with Gasteiger partial charge in [-0.25, -0.2) is 14.3 Å². The summed E-state index contributed by atoms with van der Waals surface area (Å²) in [6.07, 6.45) is 4.69. The number of anilines is 2. The molecule has 43 heavy (non-hydrogen) atoms. The van der Waals surface area contributed by atoms with Crippen molar-refractivity contribution in [3.05, 3.63) is 75.3 Å². The Labute approximate surface area is 255 Å². The second kappa shape index (κ2) is 10.9. The highest BCUT2D eigenvalue weighted by Crippen LogP contribution is 2.47. The van der Waals surface area contributed by atoms with Crippen LogP contribution in [0, 0.1) is 20.4 Å². The molecule has 220 valence electrons. The zero-order valence-corrected chi connectivity index (χ0v) is 25.5. The number of aromatic amines is 1. The van der Waals surface area contributed by atoms with E-state index in [0.717, 1.165) is 30.7 Å². The molecule has 0 radical (unpaired) electrons. The van der Waals surface area contributed by atoms with Crippen molar-refractivity contribution in [3.8, 4) is 17.1 Å². The van der Waals surface area contributed by atoms with Gasteiger partial charge < -0.3 is 14.6 Å². The first-order chi connectivity index (χ1) is 20.7. The molecule has 2 aliphatic rings. The Morgan fingerprint density at radius 3 is 2.51 bits per heavy atom. The lowest BCUT2D eigenvalue weighted by atomic mass is 9.94. The molecule has 2 aromatic heterocycles. The minimum Gasteiger partial charge on any atom is -0.493 e. The summed E-state index contributed by atoms with van der Waals surface area (Å²) in [5.41, 5.74) is 3.23. The molecule has 2 fully saturated rings. The van der Waals surface area contributed by atoms with Crippen LogP contribution in [0.4, 0.5) is 17.1 Å². The number of hydrogen-bond acceptors (Lipinski definition) is 6. The van der Waals surface area contributed by atoms with Crippen molar-refractivity contribution < 1.29 is 9.53 Å². The molecule has 1 aliphatic carbocycles. The molecule has 1 N–H and O–H groups in total. The average Bonchev–Trinajstić information content (AvgIpc) is 3.65. The van der Waals surface area contributed by atoms with E-state index in [2.05, 4.69) is 21.7 Å². The topological polar surface area (TPSA) is 100 Å². The second-order valence-electron chi connectivity index (χ2n) is 11.1.